The third kappa shape index (κ3) is 4.86. The average molecular weight is 398 g/mol. The van der Waals surface area contributed by atoms with Crippen molar-refractivity contribution in [3.63, 3.8) is 0 Å². The predicted octanol–water partition coefficient (Wildman–Crippen LogP) is 2.51. The number of hydrogen-bond donors (Lipinski definition) is 2. The molecule has 0 saturated carbocycles. The molecule has 1 saturated heterocycles. The number of rotatable bonds is 6. The van der Waals surface area contributed by atoms with Gasteiger partial charge in [0.2, 0.25) is 0 Å². The monoisotopic (exact) mass is 398 g/mol. The van der Waals surface area contributed by atoms with Gasteiger partial charge >= 0.3 is 11.8 Å². The summed E-state index contributed by atoms with van der Waals surface area (Å²) in [5.74, 6) is 0.0519. The molecule has 1 fully saturated rings. The van der Waals surface area contributed by atoms with Gasteiger partial charge in [0.15, 0.2) is 0 Å². The SMILES string of the molecule is COc1ccc(NC(=O)C(=O)NCC2(c3ccccc3OC)CCOCC2)cc1. The second kappa shape index (κ2) is 9.43. The third-order valence-corrected chi connectivity index (χ3v) is 5.27. The molecule has 0 unspecified atom stereocenters. The van der Waals surface area contributed by atoms with Crippen molar-refractivity contribution in [1.82, 2.24) is 5.32 Å². The topological polar surface area (TPSA) is 85.9 Å². The highest BCUT2D eigenvalue weighted by atomic mass is 16.5. The number of para-hydroxylation sites is 1. The summed E-state index contributed by atoms with van der Waals surface area (Å²) in [7, 11) is 3.20. The van der Waals surface area contributed by atoms with E-state index in [1.165, 1.54) is 0 Å². The summed E-state index contributed by atoms with van der Waals surface area (Å²) in [6, 6.07) is 14.6. The first-order valence-electron chi connectivity index (χ1n) is 9.52. The quantitative estimate of drug-likeness (QED) is 0.731. The predicted molar refractivity (Wildman–Crippen MR) is 109 cm³/mol. The number of carbonyl (C=O) groups excluding carboxylic acids is 2. The molecule has 7 nitrogen and oxygen atoms in total. The van der Waals surface area contributed by atoms with Gasteiger partial charge in [-0.1, -0.05) is 18.2 Å². The van der Waals surface area contributed by atoms with Crippen LogP contribution < -0.4 is 20.1 Å². The largest absolute Gasteiger partial charge is 0.497 e. The molecule has 1 aliphatic rings. The molecule has 0 atom stereocenters. The van der Waals surface area contributed by atoms with E-state index in [0.29, 0.717) is 31.2 Å². The van der Waals surface area contributed by atoms with Crippen LogP contribution in [0.5, 0.6) is 11.5 Å². The Hall–Kier alpha value is -3.06. The zero-order valence-electron chi connectivity index (χ0n) is 16.7. The fourth-order valence-corrected chi connectivity index (χ4v) is 3.58. The summed E-state index contributed by atoms with van der Waals surface area (Å²) in [5.41, 5.74) is 1.19. The van der Waals surface area contributed by atoms with E-state index in [1.54, 1.807) is 38.5 Å². The molecule has 0 spiro atoms. The number of hydrogen-bond acceptors (Lipinski definition) is 5. The molecular formula is C22H26N2O5. The summed E-state index contributed by atoms with van der Waals surface area (Å²) in [5, 5.41) is 5.40. The zero-order chi connectivity index (χ0) is 20.7. The van der Waals surface area contributed by atoms with Gasteiger partial charge in [-0.05, 0) is 43.2 Å². The van der Waals surface area contributed by atoms with Crippen LogP contribution in [-0.2, 0) is 19.7 Å². The Morgan fingerprint density at radius 1 is 0.966 bits per heavy atom. The van der Waals surface area contributed by atoms with Gasteiger partial charge in [-0.2, -0.15) is 0 Å². The van der Waals surface area contributed by atoms with Crippen LogP contribution in [0.4, 0.5) is 5.69 Å². The van der Waals surface area contributed by atoms with E-state index in [1.807, 2.05) is 24.3 Å². The van der Waals surface area contributed by atoms with E-state index in [9.17, 15) is 9.59 Å². The molecule has 2 N–H and O–H groups in total. The van der Waals surface area contributed by atoms with Gasteiger partial charge in [0.1, 0.15) is 11.5 Å². The van der Waals surface area contributed by atoms with Crippen molar-refractivity contribution in [2.45, 2.75) is 18.3 Å². The maximum Gasteiger partial charge on any atom is 0.313 e. The van der Waals surface area contributed by atoms with Gasteiger partial charge in [0.05, 0.1) is 14.2 Å². The summed E-state index contributed by atoms with van der Waals surface area (Å²) in [6.07, 6.45) is 1.46. The van der Waals surface area contributed by atoms with Gasteiger partial charge in [-0.3, -0.25) is 9.59 Å². The van der Waals surface area contributed by atoms with Crippen LogP contribution in [0.1, 0.15) is 18.4 Å². The van der Waals surface area contributed by atoms with Crippen molar-refractivity contribution in [2.75, 3.05) is 39.3 Å². The van der Waals surface area contributed by atoms with Crippen molar-refractivity contribution >= 4 is 17.5 Å². The van der Waals surface area contributed by atoms with Gasteiger partial charge in [-0.15, -0.1) is 0 Å². The first-order chi connectivity index (χ1) is 14.1. The minimum atomic E-state index is -0.711. The molecule has 0 bridgehead atoms. The Bertz CT molecular complexity index is 845. The zero-order valence-corrected chi connectivity index (χ0v) is 16.7. The fraction of sp³-hybridized carbons (Fsp3) is 0.364. The second-order valence-corrected chi connectivity index (χ2v) is 6.96. The number of anilines is 1. The molecule has 0 radical (unpaired) electrons. The van der Waals surface area contributed by atoms with Gasteiger partial charge in [0, 0.05) is 36.4 Å². The van der Waals surface area contributed by atoms with E-state index < -0.39 is 11.8 Å². The van der Waals surface area contributed by atoms with Crippen molar-refractivity contribution in [2.24, 2.45) is 0 Å². The van der Waals surface area contributed by atoms with Crippen molar-refractivity contribution in [1.29, 1.82) is 0 Å². The molecule has 7 heteroatoms. The minimum Gasteiger partial charge on any atom is -0.497 e. The Labute approximate surface area is 170 Å². The van der Waals surface area contributed by atoms with E-state index in [0.717, 1.165) is 24.2 Å². The molecule has 1 aliphatic heterocycles. The molecule has 2 aromatic carbocycles. The second-order valence-electron chi connectivity index (χ2n) is 6.96. The Morgan fingerprint density at radius 2 is 1.66 bits per heavy atom. The highest BCUT2D eigenvalue weighted by Gasteiger charge is 2.37. The van der Waals surface area contributed by atoms with Crippen molar-refractivity contribution in [3.05, 3.63) is 54.1 Å². The number of amides is 2. The van der Waals surface area contributed by atoms with Crippen LogP contribution in [0.15, 0.2) is 48.5 Å². The first kappa shape index (κ1) is 20.7. The van der Waals surface area contributed by atoms with E-state index in [2.05, 4.69) is 10.6 Å². The standard InChI is InChI=1S/C22H26N2O5/c1-27-17-9-7-16(8-10-17)24-21(26)20(25)23-15-22(11-13-29-14-12-22)18-5-3-4-6-19(18)28-2/h3-10H,11-15H2,1-2H3,(H,23,25)(H,24,26). The summed E-state index contributed by atoms with van der Waals surface area (Å²) < 4.78 is 16.1. The highest BCUT2D eigenvalue weighted by molar-refractivity contribution is 6.39. The molecular weight excluding hydrogens is 372 g/mol. The van der Waals surface area contributed by atoms with Crippen molar-refractivity contribution < 1.29 is 23.8 Å². The molecule has 154 valence electrons. The Morgan fingerprint density at radius 3 is 2.31 bits per heavy atom. The lowest BCUT2D eigenvalue weighted by molar-refractivity contribution is -0.136. The first-order valence-corrected chi connectivity index (χ1v) is 9.52. The average Bonchev–Trinajstić information content (AvgIpc) is 2.78. The minimum absolute atomic E-state index is 0.325. The van der Waals surface area contributed by atoms with Crippen molar-refractivity contribution in [3.8, 4) is 11.5 Å². The Kier molecular flexibility index (Phi) is 6.72. The smallest absolute Gasteiger partial charge is 0.313 e. The number of benzene rings is 2. The molecule has 0 aliphatic carbocycles. The summed E-state index contributed by atoms with van der Waals surface area (Å²) >= 11 is 0. The number of carbonyl (C=O) groups is 2. The van der Waals surface area contributed by atoms with E-state index in [-0.39, 0.29) is 5.41 Å². The van der Waals surface area contributed by atoms with Crippen LogP contribution in [0.2, 0.25) is 0 Å². The highest BCUT2D eigenvalue weighted by Crippen LogP contribution is 2.39. The molecule has 2 amide bonds. The maximum atomic E-state index is 12.4. The van der Waals surface area contributed by atoms with E-state index in [4.69, 9.17) is 14.2 Å². The normalized spacial score (nSPS) is 15.2. The number of nitrogens with one attached hydrogen (secondary N) is 2. The van der Waals surface area contributed by atoms with Crippen LogP contribution in [0, 0.1) is 0 Å². The molecule has 0 aromatic heterocycles. The molecule has 1 heterocycles. The van der Waals surface area contributed by atoms with E-state index >= 15 is 0 Å². The van der Waals surface area contributed by atoms with Gasteiger partial charge < -0.3 is 24.8 Å². The van der Waals surface area contributed by atoms with Gasteiger partial charge in [0.25, 0.3) is 0 Å². The molecule has 3 rings (SSSR count). The lowest BCUT2D eigenvalue weighted by Gasteiger charge is -2.38. The number of ether oxygens (including phenoxy) is 3. The fourth-order valence-electron chi connectivity index (χ4n) is 3.58. The third-order valence-electron chi connectivity index (χ3n) is 5.27. The van der Waals surface area contributed by atoms with Gasteiger partial charge in [-0.25, -0.2) is 0 Å². The summed E-state index contributed by atoms with van der Waals surface area (Å²) in [4.78, 5) is 24.7. The van der Waals surface area contributed by atoms with Crippen LogP contribution in [0.25, 0.3) is 0 Å². The van der Waals surface area contributed by atoms with Crippen LogP contribution >= 0.6 is 0 Å². The van der Waals surface area contributed by atoms with Crippen LogP contribution in [-0.4, -0.2) is 45.8 Å². The number of methoxy groups -OCH3 is 2. The molecule has 29 heavy (non-hydrogen) atoms. The summed E-state index contributed by atoms with van der Waals surface area (Å²) in [6.45, 7) is 1.50. The lowest BCUT2D eigenvalue weighted by atomic mass is 9.73. The maximum absolute atomic E-state index is 12.4. The van der Waals surface area contributed by atoms with Crippen LogP contribution in [0.3, 0.4) is 0 Å². The lowest BCUT2D eigenvalue weighted by Crippen LogP contribution is -2.47. The Balaban J connectivity index is 1.68. The molecule has 2 aromatic rings.